The van der Waals surface area contributed by atoms with Crippen LogP contribution in [0.1, 0.15) is 12.8 Å². The van der Waals surface area contributed by atoms with Gasteiger partial charge < -0.3 is 11.6 Å². The van der Waals surface area contributed by atoms with Crippen molar-refractivity contribution in [1.29, 1.82) is 0 Å². The molecule has 0 amide bonds. The average molecular weight is 232 g/mol. The van der Waals surface area contributed by atoms with Crippen molar-refractivity contribution < 1.29 is 17.4 Å². The molecule has 0 N–H and O–H groups in total. The van der Waals surface area contributed by atoms with Gasteiger partial charge >= 0.3 is 17.4 Å². The summed E-state index contributed by atoms with van der Waals surface area (Å²) in [7, 11) is 0. The number of allylic oxidation sites excluding steroid dienone is 8. The third kappa shape index (κ3) is 11.8. The molecule has 13 heavy (non-hydrogen) atoms. The van der Waals surface area contributed by atoms with Gasteiger partial charge in [-0.15, -0.1) is 12.8 Å². The fraction of sp³-hybridized carbons (Fsp3) is 0.182. The Hall–Kier alpha value is -0.218. The van der Waals surface area contributed by atoms with Crippen LogP contribution in [0.3, 0.4) is 0 Å². The molecule has 0 heterocycles. The molecule has 1 radical (unpaired) electrons. The van der Waals surface area contributed by atoms with Crippen molar-refractivity contribution in [2.24, 2.45) is 0 Å². The fourth-order valence-electron chi connectivity index (χ4n) is 0.680. The zero-order valence-corrected chi connectivity index (χ0v) is 9.40. The van der Waals surface area contributed by atoms with E-state index in [0.29, 0.717) is 0 Å². The molecule has 2 aliphatic carbocycles. The van der Waals surface area contributed by atoms with Gasteiger partial charge in [-0.2, -0.15) is 12.2 Å². The molecule has 0 unspecified atom stereocenters. The van der Waals surface area contributed by atoms with Crippen molar-refractivity contribution in [2.75, 3.05) is 0 Å². The van der Waals surface area contributed by atoms with Gasteiger partial charge in [0, 0.05) is 0 Å². The van der Waals surface area contributed by atoms with Gasteiger partial charge in [-0.25, -0.2) is 24.3 Å². The van der Waals surface area contributed by atoms with E-state index in [1.807, 2.05) is 24.3 Å². The van der Waals surface area contributed by atoms with Gasteiger partial charge in [0.2, 0.25) is 0 Å². The quantitative estimate of drug-likeness (QED) is 0.559. The van der Waals surface area contributed by atoms with Crippen LogP contribution in [-0.4, -0.2) is 0 Å². The first kappa shape index (κ1) is 15.3. The first-order valence-corrected chi connectivity index (χ1v) is 4.24. The summed E-state index contributed by atoms with van der Waals surface area (Å²) in [6.45, 7) is 0. The van der Waals surface area contributed by atoms with E-state index >= 15 is 0 Å². The van der Waals surface area contributed by atoms with Crippen LogP contribution in [0.5, 0.6) is 0 Å². The van der Waals surface area contributed by atoms with Gasteiger partial charge in [0.25, 0.3) is 0 Å². The normalized spacial score (nSPS) is 14.0. The van der Waals surface area contributed by atoms with Crippen molar-refractivity contribution in [2.45, 2.75) is 12.8 Å². The summed E-state index contributed by atoms with van der Waals surface area (Å²) in [5, 5.41) is 0. The van der Waals surface area contributed by atoms with Crippen molar-refractivity contribution >= 4 is 11.6 Å². The van der Waals surface area contributed by atoms with Gasteiger partial charge in [0.1, 0.15) is 0 Å². The van der Waals surface area contributed by atoms with E-state index in [1.54, 1.807) is 0 Å². The Morgan fingerprint density at radius 3 is 1.38 bits per heavy atom. The Kier molecular flexibility index (Phi) is 16.8. The van der Waals surface area contributed by atoms with Gasteiger partial charge in [0.05, 0.1) is 0 Å². The second kappa shape index (κ2) is 14.3. The molecule has 0 aliphatic heterocycles. The van der Waals surface area contributed by atoms with Gasteiger partial charge in [-0.3, -0.25) is 18.5 Å². The van der Waals surface area contributed by atoms with Crippen LogP contribution in [0.2, 0.25) is 0 Å². The molecule has 2 heteroatoms. The number of rotatable bonds is 0. The molecular weight excluding hydrogens is 220 g/mol. The molecule has 2 aliphatic rings. The van der Waals surface area contributed by atoms with E-state index < -0.39 is 0 Å². The molecule has 0 saturated heterocycles. The average Bonchev–Trinajstić information content (AvgIpc) is 2.87. The predicted molar refractivity (Wildman–Crippen MR) is 54.4 cm³/mol. The van der Waals surface area contributed by atoms with Crippen molar-refractivity contribution in [3.8, 4) is 0 Å². The zero-order valence-electron chi connectivity index (χ0n) is 7.37. The summed E-state index contributed by atoms with van der Waals surface area (Å²) in [4.78, 5) is 0. The van der Waals surface area contributed by atoms with Crippen LogP contribution < -0.4 is 0 Å². The second-order valence-electron chi connectivity index (χ2n) is 2.01. The molecule has 69 valence electrons. The second-order valence-corrected chi connectivity index (χ2v) is 2.01. The minimum Gasteiger partial charge on any atom is -0.352 e. The summed E-state index contributed by atoms with van der Waals surface area (Å²) in [5.74, 6) is 0. The molecule has 0 aromatic carbocycles. The third-order valence-corrected chi connectivity index (χ3v) is 1.17. The molecular formula is C11H12ClCr. The van der Waals surface area contributed by atoms with Gasteiger partial charge in [-0.1, -0.05) is 0 Å². The molecule has 0 bridgehead atoms. The third-order valence-electron chi connectivity index (χ3n) is 1.17. The fourth-order valence-corrected chi connectivity index (χ4v) is 0.680. The summed E-state index contributed by atoms with van der Waals surface area (Å²) in [6.07, 6.45) is 22.7. The minimum absolute atomic E-state index is 0. The topological polar surface area (TPSA) is 0 Å². The Bertz CT molecular complexity index is 148. The van der Waals surface area contributed by atoms with Crippen LogP contribution in [0.4, 0.5) is 0 Å². The van der Waals surface area contributed by atoms with Crippen LogP contribution >= 0.6 is 11.6 Å². The van der Waals surface area contributed by atoms with Gasteiger partial charge in [-0.05, 0) is 0 Å². The van der Waals surface area contributed by atoms with Crippen LogP contribution in [0.15, 0.2) is 36.5 Å². The molecule has 0 saturated carbocycles. The maximum Gasteiger partial charge on any atom is 3.00 e. The number of halogens is 1. The first-order valence-electron chi connectivity index (χ1n) is 3.70. The zero-order chi connectivity index (χ0) is 9.07. The van der Waals surface area contributed by atoms with Crippen molar-refractivity contribution in [1.82, 2.24) is 0 Å². The van der Waals surface area contributed by atoms with Crippen LogP contribution in [0.25, 0.3) is 0 Å². The van der Waals surface area contributed by atoms with Crippen LogP contribution in [0, 0.1) is 18.5 Å². The number of hydrogen-bond acceptors (Lipinski definition) is 0. The van der Waals surface area contributed by atoms with E-state index in [2.05, 4.69) is 42.3 Å². The van der Waals surface area contributed by atoms with E-state index in [0.717, 1.165) is 12.8 Å². The minimum atomic E-state index is 0. The number of hydrogen-bond donors (Lipinski definition) is 0. The molecule has 0 fully saturated rings. The molecule has 0 aromatic heterocycles. The molecule has 0 nitrogen and oxygen atoms in total. The molecule has 2 rings (SSSR count). The Morgan fingerprint density at radius 1 is 0.923 bits per heavy atom. The summed E-state index contributed by atoms with van der Waals surface area (Å²) in [6, 6.07) is 0. The van der Waals surface area contributed by atoms with Crippen molar-refractivity contribution in [3.05, 3.63) is 55.0 Å². The first-order chi connectivity index (χ1) is 6.00. The van der Waals surface area contributed by atoms with E-state index in [1.165, 1.54) is 0 Å². The molecule has 0 spiro atoms. The summed E-state index contributed by atoms with van der Waals surface area (Å²) < 4.78 is 0. The van der Waals surface area contributed by atoms with Gasteiger partial charge in [0.15, 0.2) is 0 Å². The largest absolute Gasteiger partial charge is 3.00 e. The maximum absolute atomic E-state index is 4.39. The molecule has 0 atom stereocenters. The Morgan fingerprint density at radius 2 is 1.31 bits per heavy atom. The predicted octanol–water partition coefficient (Wildman–Crippen LogP) is 3.63. The smallest absolute Gasteiger partial charge is 0.352 e. The van der Waals surface area contributed by atoms with Crippen molar-refractivity contribution in [3.63, 3.8) is 0 Å². The Balaban J connectivity index is 0. The summed E-state index contributed by atoms with van der Waals surface area (Å²) in [5.41, 5.74) is 0. The SMILES string of the molecule is [C-]1=CC=CC1.[C-]1=CC=CC1.[CH2-]Cl.[Cr+3]. The summed E-state index contributed by atoms with van der Waals surface area (Å²) >= 11 is 4.39. The van der Waals surface area contributed by atoms with E-state index in [-0.39, 0.29) is 17.4 Å². The Labute approximate surface area is 96.8 Å². The van der Waals surface area contributed by atoms with Crippen LogP contribution in [-0.2, 0) is 17.4 Å². The maximum atomic E-state index is 4.39. The molecule has 0 aromatic rings. The van der Waals surface area contributed by atoms with E-state index in [9.17, 15) is 0 Å². The standard InChI is InChI=1S/2C5H5.CH2Cl.Cr/c2*1-2-4-5-3-1;1-2;/h2*1-3H,4H2;1H2;/q3*-1;+3. The monoisotopic (exact) mass is 231 g/mol. The van der Waals surface area contributed by atoms with E-state index in [4.69, 9.17) is 0 Å².